The molecule has 0 amide bonds. The van der Waals surface area contributed by atoms with Crippen LogP contribution in [0.25, 0.3) is 33.0 Å². The van der Waals surface area contributed by atoms with E-state index in [0.29, 0.717) is 0 Å². The third-order valence-corrected chi connectivity index (χ3v) is 5.91. The number of benzene rings is 3. The number of aromatic nitrogens is 2. The molecule has 0 aliphatic rings. The van der Waals surface area contributed by atoms with Crippen LogP contribution in [-0.4, -0.2) is 9.97 Å². The molecule has 3 aromatic carbocycles. The van der Waals surface area contributed by atoms with Crippen LogP contribution in [0.4, 0.5) is 0 Å². The van der Waals surface area contributed by atoms with Crippen LogP contribution in [0, 0.1) is 0 Å². The third kappa shape index (κ3) is 3.62. The predicted molar refractivity (Wildman–Crippen MR) is 129 cm³/mol. The normalized spacial score (nSPS) is 12.0. The van der Waals surface area contributed by atoms with Crippen molar-refractivity contribution in [2.75, 3.05) is 0 Å². The lowest BCUT2D eigenvalue weighted by atomic mass is 9.86. The maximum atomic E-state index is 4.90. The van der Waals surface area contributed by atoms with Crippen molar-refractivity contribution < 1.29 is 0 Å². The molecule has 0 radical (unpaired) electrons. The topological polar surface area (TPSA) is 25.8 Å². The lowest BCUT2D eigenvalue weighted by molar-refractivity contribution is 0.729. The average Bonchev–Trinajstić information content (AvgIpc) is 2.85. The maximum Gasteiger partial charge on any atom is 0.0572 e. The van der Waals surface area contributed by atoms with Crippen molar-refractivity contribution in [2.24, 2.45) is 0 Å². The molecule has 1 atom stereocenters. The number of rotatable bonds is 5. The Morgan fingerprint density at radius 2 is 1.19 bits per heavy atom. The minimum atomic E-state index is 0.103. The molecule has 31 heavy (non-hydrogen) atoms. The van der Waals surface area contributed by atoms with Gasteiger partial charge in [0.2, 0.25) is 0 Å². The van der Waals surface area contributed by atoms with Crippen LogP contribution in [0.3, 0.4) is 0 Å². The quantitative estimate of drug-likeness (QED) is 0.305. The lowest BCUT2D eigenvalue weighted by Gasteiger charge is -2.21. The minimum absolute atomic E-state index is 0.103. The summed E-state index contributed by atoms with van der Waals surface area (Å²) < 4.78 is 0. The van der Waals surface area contributed by atoms with Crippen LogP contribution < -0.4 is 0 Å². The second-order valence-electron chi connectivity index (χ2n) is 7.73. The van der Waals surface area contributed by atoms with E-state index in [1.807, 2.05) is 30.6 Å². The van der Waals surface area contributed by atoms with Gasteiger partial charge in [-0.1, -0.05) is 91.9 Å². The fourth-order valence-corrected chi connectivity index (χ4v) is 4.46. The number of nitrogens with zero attached hydrogens (tertiary/aromatic N) is 2. The highest BCUT2D eigenvalue weighted by Crippen LogP contribution is 2.39. The summed E-state index contributed by atoms with van der Waals surface area (Å²) in [6, 6.07) is 34.0. The first-order valence-corrected chi connectivity index (χ1v) is 10.8. The minimum Gasteiger partial charge on any atom is -0.260 e. The summed E-state index contributed by atoms with van der Waals surface area (Å²) in [4.78, 5) is 9.76. The summed E-state index contributed by atoms with van der Waals surface area (Å²) in [7, 11) is 0. The van der Waals surface area contributed by atoms with E-state index in [1.54, 1.807) is 0 Å². The van der Waals surface area contributed by atoms with E-state index in [9.17, 15) is 0 Å². The predicted octanol–water partition coefficient (Wildman–Crippen LogP) is 7.51. The highest BCUT2D eigenvalue weighted by atomic mass is 14.7. The van der Waals surface area contributed by atoms with E-state index in [-0.39, 0.29) is 5.92 Å². The van der Waals surface area contributed by atoms with Crippen LogP contribution in [0.1, 0.15) is 30.7 Å². The van der Waals surface area contributed by atoms with Crippen molar-refractivity contribution in [1.82, 2.24) is 9.97 Å². The van der Waals surface area contributed by atoms with Crippen molar-refractivity contribution >= 4 is 10.8 Å². The molecule has 5 rings (SSSR count). The van der Waals surface area contributed by atoms with E-state index in [2.05, 4.69) is 85.8 Å². The van der Waals surface area contributed by atoms with Gasteiger partial charge < -0.3 is 0 Å². The van der Waals surface area contributed by atoms with Gasteiger partial charge in [0, 0.05) is 29.4 Å². The monoisotopic (exact) mass is 400 g/mol. The summed E-state index contributed by atoms with van der Waals surface area (Å²) in [5.41, 5.74) is 6.91. The summed E-state index contributed by atoms with van der Waals surface area (Å²) >= 11 is 0. The molecule has 2 heteroatoms. The molecular formula is C29H24N2. The highest BCUT2D eigenvalue weighted by molar-refractivity contribution is 5.97. The van der Waals surface area contributed by atoms with E-state index in [4.69, 9.17) is 9.97 Å². The lowest BCUT2D eigenvalue weighted by Crippen LogP contribution is -2.08. The Labute approximate surface area is 183 Å². The second kappa shape index (κ2) is 8.53. The molecule has 150 valence electrons. The molecule has 2 nitrogen and oxygen atoms in total. The molecule has 0 aliphatic carbocycles. The Hall–Kier alpha value is -3.78. The smallest absolute Gasteiger partial charge is 0.0572 e. The summed E-state index contributed by atoms with van der Waals surface area (Å²) in [6.45, 7) is 2.22. The first kappa shape index (κ1) is 19.2. The van der Waals surface area contributed by atoms with Gasteiger partial charge in [0.05, 0.1) is 11.4 Å². The molecule has 5 aromatic rings. The molecule has 0 bridgehead atoms. The second-order valence-corrected chi connectivity index (χ2v) is 7.73. The van der Waals surface area contributed by atoms with Gasteiger partial charge in [-0.2, -0.15) is 0 Å². The first-order valence-electron chi connectivity index (χ1n) is 10.8. The van der Waals surface area contributed by atoms with E-state index in [0.717, 1.165) is 17.8 Å². The summed E-state index contributed by atoms with van der Waals surface area (Å²) in [5.74, 6) is 0.103. The first-order chi connectivity index (χ1) is 15.4. The van der Waals surface area contributed by atoms with E-state index < -0.39 is 0 Å². The zero-order valence-corrected chi connectivity index (χ0v) is 17.6. The molecule has 0 spiro atoms. The molecule has 1 unspecified atom stereocenters. The summed E-state index contributed by atoms with van der Waals surface area (Å²) in [6.07, 6.45) is 4.72. The molecule has 2 aromatic heterocycles. The van der Waals surface area contributed by atoms with E-state index in [1.165, 1.54) is 33.0 Å². The zero-order chi connectivity index (χ0) is 21.0. The Morgan fingerprint density at radius 1 is 0.581 bits per heavy atom. The highest BCUT2D eigenvalue weighted by Gasteiger charge is 2.23. The number of hydrogen-bond acceptors (Lipinski definition) is 2. The standard InChI is InChI=1S/C29H24N2/c1-2-23(28-25(17-9-19-30-28)22-11-4-3-5-12-22)29-27(18-10-20-31-29)26-16-8-14-21-13-6-7-15-24(21)26/h3-20,23H,2H2,1H3. The van der Waals surface area contributed by atoms with Crippen LogP contribution in [-0.2, 0) is 0 Å². The molecular weight excluding hydrogens is 376 g/mol. The van der Waals surface area contributed by atoms with Crippen molar-refractivity contribution in [3.8, 4) is 22.3 Å². The van der Waals surface area contributed by atoms with Crippen LogP contribution >= 0.6 is 0 Å². The van der Waals surface area contributed by atoms with Gasteiger partial charge in [-0.05, 0) is 40.5 Å². The fraction of sp³-hybridized carbons (Fsp3) is 0.103. The molecule has 0 saturated carbocycles. The largest absolute Gasteiger partial charge is 0.260 e. The van der Waals surface area contributed by atoms with Gasteiger partial charge in [0.1, 0.15) is 0 Å². The Bertz CT molecular complexity index is 1320. The van der Waals surface area contributed by atoms with E-state index >= 15 is 0 Å². The van der Waals surface area contributed by atoms with Crippen molar-refractivity contribution in [1.29, 1.82) is 0 Å². The maximum absolute atomic E-state index is 4.90. The van der Waals surface area contributed by atoms with Crippen molar-refractivity contribution in [3.63, 3.8) is 0 Å². The van der Waals surface area contributed by atoms with Gasteiger partial charge >= 0.3 is 0 Å². The number of fused-ring (bicyclic) bond motifs is 1. The molecule has 0 aliphatic heterocycles. The Balaban J connectivity index is 1.70. The average molecular weight is 401 g/mol. The Morgan fingerprint density at radius 3 is 1.97 bits per heavy atom. The Kier molecular flexibility index (Phi) is 5.28. The van der Waals surface area contributed by atoms with Crippen LogP contribution in [0.15, 0.2) is 109 Å². The van der Waals surface area contributed by atoms with Crippen molar-refractivity contribution in [3.05, 3.63) is 121 Å². The van der Waals surface area contributed by atoms with Crippen molar-refractivity contribution in [2.45, 2.75) is 19.3 Å². The molecule has 0 saturated heterocycles. The zero-order valence-electron chi connectivity index (χ0n) is 17.6. The van der Waals surface area contributed by atoms with Gasteiger partial charge in [0.25, 0.3) is 0 Å². The SMILES string of the molecule is CCC(c1ncccc1-c1ccccc1)c1ncccc1-c1cccc2ccccc12. The molecule has 0 fully saturated rings. The van der Waals surface area contributed by atoms with Crippen LogP contribution in [0.5, 0.6) is 0 Å². The third-order valence-electron chi connectivity index (χ3n) is 5.91. The van der Waals surface area contributed by atoms with Gasteiger partial charge in [-0.3, -0.25) is 9.97 Å². The number of pyridine rings is 2. The molecule has 2 heterocycles. The number of hydrogen-bond donors (Lipinski definition) is 0. The van der Waals surface area contributed by atoms with Gasteiger partial charge in [-0.25, -0.2) is 0 Å². The summed E-state index contributed by atoms with van der Waals surface area (Å²) in [5, 5.41) is 2.49. The van der Waals surface area contributed by atoms with Gasteiger partial charge in [0.15, 0.2) is 0 Å². The fourth-order valence-electron chi connectivity index (χ4n) is 4.46. The van der Waals surface area contributed by atoms with Crippen LogP contribution in [0.2, 0.25) is 0 Å². The molecule has 0 N–H and O–H groups in total. The van der Waals surface area contributed by atoms with Gasteiger partial charge in [-0.15, -0.1) is 0 Å².